The number of aromatic hydroxyl groups is 1. The molecule has 0 aliphatic heterocycles. The number of ether oxygens (including phenoxy) is 11. The van der Waals surface area contributed by atoms with Crippen LogP contribution < -0.4 is 33.2 Å². The molecule has 6 aromatic carbocycles. The molecule has 4 fully saturated rings. The summed E-state index contributed by atoms with van der Waals surface area (Å²) in [4.78, 5) is 42.7. The molecule has 0 atom stereocenters. The number of esters is 1. The molecule has 0 amide bonds. The van der Waals surface area contributed by atoms with Crippen LogP contribution in [0.2, 0.25) is 0 Å². The predicted octanol–water partition coefficient (Wildman–Crippen LogP) is 25.5. The second-order valence-electron chi connectivity index (χ2n) is 35.6. The summed E-state index contributed by atoms with van der Waals surface area (Å²) in [6.07, 6.45) is 30.0. The van der Waals surface area contributed by atoms with Crippen LogP contribution in [-0.4, -0.2) is 104 Å². The number of carboxylic acids is 1. The van der Waals surface area contributed by atoms with E-state index in [9.17, 15) is 14.7 Å². The van der Waals surface area contributed by atoms with Gasteiger partial charge in [0.1, 0.15) is 59.2 Å². The number of carbonyl (C=O) groups excluding carboxylic acids is 1. The van der Waals surface area contributed by atoms with Gasteiger partial charge in [0.15, 0.2) is 33.6 Å². The maximum atomic E-state index is 11.5. The van der Waals surface area contributed by atoms with Crippen molar-refractivity contribution in [2.75, 3.05) is 62.0 Å². The lowest BCUT2D eigenvalue weighted by Crippen LogP contribution is -2.14. The van der Waals surface area contributed by atoms with E-state index in [0.29, 0.717) is 54.8 Å². The third-order valence-electron chi connectivity index (χ3n) is 26.5. The van der Waals surface area contributed by atoms with Crippen molar-refractivity contribution in [3.8, 4) is 46.0 Å². The van der Waals surface area contributed by atoms with Crippen molar-refractivity contribution in [3.05, 3.63) is 277 Å². The zero-order chi connectivity index (χ0) is 93.3. The Balaban J connectivity index is 0.000000169. The number of pyridine rings is 4. The van der Waals surface area contributed by atoms with Gasteiger partial charge in [-0.15, -0.1) is 0 Å². The van der Waals surface area contributed by atoms with E-state index in [1.807, 2.05) is 55.5 Å². The number of methoxy groups -OCH3 is 4. The molecule has 4 aliphatic carbocycles. The van der Waals surface area contributed by atoms with E-state index in [2.05, 4.69) is 171 Å². The fraction of sp³-hybridized carbons (Fsp3) is 0.477. The number of rotatable bonds is 36. The quantitative estimate of drug-likeness (QED) is 0.0211. The molecule has 4 saturated carbocycles. The van der Waals surface area contributed by atoms with E-state index in [1.165, 1.54) is 180 Å². The fourth-order valence-electron chi connectivity index (χ4n) is 19.3. The highest BCUT2D eigenvalue weighted by molar-refractivity contribution is 14.1. The average Bonchev–Trinajstić information content (AvgIpc) is 0.741. The maximum Gasteiger partial charge on any atom is 0.343 e. The molecule has 19 nitrogen and oxygen atoms in total. The van der Waals surface area contributed by atoms with E-state index in [-0.39, 0.29) is 39.6 Å². The van der Waals surface area contributed by atoms with E-state index < -0.39 is 5.97 Å². The lowest BCUT2D eigenvalue weighted by atomic mass is 9.86. The third kappa shape index (κ3) is 28.5. The van der Waals surface area contributed by atoms with Gasteiger partial charge < -0.3 is 62.3 Å². The van der Waals surface area contributed by atoms with Gasteiger partial charge in [-0.2, -0.15) is 0 Å². The van der Waals surface area contributed by atoms with Crippen LogP contribution in [0.1, 0.15) is 313 Å². The lowest BCUT2D eigenvalue weighted by molar-refractivity contribution is -0.143. The number of carboxylic acid groups (broad SMARTS) is 1. The second kappa shape index (κ2) is 51.8. The van der Waals surface area contributed by atoms with Crippen LogP contribution in [0.25, 0.3) is 0 Å². The van der Waals surface area contributed by atoms with Gasteiger partial charge in [-0.25, -0.2) is 9.59 Å². The molecular weight excluding hydrogens is 1760 g/mol. The largest absolute Gasteiger partial charge is 0.506 e. The Kier molecular flexibility index (Phi) is 40.1. The van der Waals surface area contributed by atoms with Gasteiger partial charge >= 0.3 is 11.9 Å². The number of aromatic nitrogens is 4. The van der Waals surface area contributed by atoms with Crippen molar-refractivity contribution in [2.45, 2.75) is 286 Å². The Hall–Kier alpha value is -10.1. The van der Waals surface area contributed by atoms with Crippen molar-refractivity contribution < 1.29 is 71.9 Å². The first-order chi connectivity index (χ1) is 63.5. The summed E-state index contributed by atoms with van der Waals surface area (Å²) < 4.78 is 62.8. The third-order valence-corrected chi connectivity index (χ3v) is 27.9. The molecule has 0 spiro atoms. The Morgan fingerprint density at radius 3 is 0.969 bits per heavy atom. The number of hydrogen-bond donors (Lipinski definition) is 2. The predicted molar refractivity (Wildman–Crippen MR) is 527 cm³/mol. The van der Waals surface area contributed by atoms with E-state index in [4.69, 9.17) is 77.1 Å². The summed E-state index contributed by atoms with van der Waals surface area (Å²) >= 11 is 2.42. The molecule has 20 heteroatoms. The summed E-state index contributed by atoms with van der Waals surface area (Å²) in [6.45, 7) is 24.9. The highest BCUT2D eigenvalue weighted by atomic mass is 127. The zero-order valence-corrected chi connectivity index (χ0v) is 82.6. The number of aliphatic carboxylic acids is 1. The minimum absolute atomic E-state index is 0.0863. The van der Waals surface area contributed by atoms with Crippen molar-refractivity contribution in [1.82, 2.24) is 19.9 Å². The molecule has 14 rings (SSSR count). The molecule has 0 bridgehead atoms. The smallest absolute Gasteiger partial charge is 0.343 e. The van der Waals surface area contributed by atoms with Crippen molar-refractivity contribution in [1.29, 1.82) is 0 Å². The molecule has 4 heterocycles. The van der Waals surface area contributed by atoms with Gasteiger partial charge in [0, 0.05) is 93.5 Å². The molecule has 4 aromatic heterocycles. The zero-order valence-electron chi connectivity index (χ0n) is 80.4. The minimum Gasteiger partial charge on any atom is -0.506 e. The molecule has 131 heavy (non-hydrogen) atoms. The van der Waals surface area contributed by atoms with Crippen LogP contribution in [0.5, 0.6) is 46.0 Å². The molecule has 2 N–H and O–H groups in total. The molecular formula is C111H141IN4O15. The molecule has 702 valence electrons. The highest BCUT2D eigenvalue weighted by Crippen LogP contribution is 2.44. The highest BCUT2D eigenvalue weighted by Gasteiger charge is 2.29. The molecule has 0 radical (unpaired) electrons. The number of carbonyl (C=O) groups is 2. The Bertz CT molecular complexity index is 5350. The van der Waals surface area contributed by atoms with E-state index in [1.54, 1.807) is 27.4 Å². The Labute approximate surface area is 792 Å². The molecule has 4 aliphatic rings. The molecule has 0 unspecified atom stereocenters. The normalized spacial score (nSPS) is 14.3. The van der Waals surface area contributed by atoms with Crippen molar-refractivity contribution in [2.24, 2.45) is 0 Å². The summed E-state index contributed by atoms with van der Waals surface area (Å²) in [7, 11) is 6.32. The molecule has 10 aromatic rings. The lowest BCUT2D eigenvalue weighted by Gasteiger charge is -2.24. The van der Waals surface area contributed by atoms with Gasteiger partial charge in [-0.3, -0.25) is 19.9 Å². The number of aryl methyl sites for hydroxylation is 4. The van der Waals surface area contributed by atoms with Crippen molar-refractivity contribution in [3.63, 3.8) is 0 Å². The first kappa shape index (κ1) is 101. The van der Waals surface area contributed by atoms with E-state index >= 15 is 0 Å². The summed E-state index contributed by atoms with van der Waals surface area (Å²) in [6, 6.07) is 45.2. The standard InChI is InChI=1S/C31H39NO3.C29H34INO3.C27H37NO5.C24H31NO4/c1-5-27-23(3)28(22(2)18-30(27)34-20-24-12-8-6-9-13-24)19-26-16-17-29(35-21-33-4)31(32-26)25-14-10-7-11-15-25;1-20-16-27(33-18-22-10-6-4-7-11-22)28(30)21(2)25(20)17-24-14-15-26(34-19-32-3)29(31-24)23-12-8-5-9-13-23;1-6-22-19(3)23(18(2)14-25(22)32-16-26(29)31-5)15-21-12-13-24(33-17-30-4)27(28-21)20-10-8-7-9-11-20;1-4-19-16(3)20(15(2)12-22(19)29-14-23(27)28)13-18-10-11-21(26)24(25-18)17-8-6-5-7-9-17/h6,8-9,12-13,16-18,25H,5,7,10-11,14-15,19-21H2,1-4H3;4,6-7,10-11,14-16,23H,5,8-9,12-13,17-19H2,1-3H3;12-14,20H,6-11,15-17H2,1-5H3;10-12,17,26H,4-9,13-14H2,1-3H3,(H,27,28). The van der Waals surface area contributed by atoms with Gasteiger partial charge in [0.05, 0.1) is 33.5 Å². The second-order valence-corrected chi connectivity index (χ2v) is 36.6. The van der Waals surface area contributed by atoms with Crippen LogP contribution in [0.3, 0.4) is 0 Å². The average molecular weight is 1900 g/mol. The van der Waals surface area contributed by atoms with Gasteiger partial charge in [-0.05, 0) is 316 Å². The van der Waals surface area contributed by atoms with Crippen LogP contribution in [0, 0.1) is 59.0 Å². The number of hydrogen-bond acceptors (Lipinski definition) is 18. The molecule has 0 saturated heterocycles. The number of benzene rings is 6. The number of halogens is 1. The fourth-order valence-corrected chi connectivity index (χ4v) is 20.0. The van der Waals surface area contributed by atoms with Crippen molar-refractivity contribution >= 4 is 34.5 Å². The van der Waals surface area contributed by atoms with Crippen LogP contribution >= 0.6 is 22.6 Å². The van der Waals surface area contributed by atoms with Crippen LogP contribution in [0.15, 0.2) is 133 Å². The first-order valence-corrected chi connectivity index (χ1v) is 48.7. The van der Waals surface area contributed by atoms with Gasteiger partial charge in [-0.1, -0.05) is 158 Å². The van der Waals surface area contributed by atoms with Crippen LogP contribution in [0.4, 0.5) is 0 Å². The SMILES string of the molecule is CCc1c(OCC(=O)O)cc(C)c(Cc2ccc(O)c(C3CCCCC3)n2)c1C.CCc1c(OCC(=O)OC)cc(C)c(Cc2ccc(OCOC)c(C3CCCCC3)n2)c1C.CCc1c(OCc2ccccc2)cc(C)c(Cc2ccc(OCOC)c(C3CCCCC3)n2)c1C.COCOc1ccc(Cc2c(C)cc(OCc3ccccc3)c(I)c2C)nc1C1CCCCC1. The summed E-state index contributed by atoms with van der Waals surface area (Å²) in [5.41, 5.74) is 28.8. The monoisotopic (exact) mass is 1900 g/mol. The summed E-state index contributed by atoms with van der Waals surface area (Å²) in [5.74, 6) is 6.59. The maximum absolute atomic E-state index is 11.5. The van der Waals surface area contributed by atoms with Crippen LogP contribution in [-0.2, 0) is 86.7 Å². The van der Waals surface area contributed by atoms with Gasteiger partial charge in [0.25, 0.3) is 0 Å². The Morgan fingerprint density at radius 2 is 0.641 bits per heavy atom. The summed E-state index contributed by atoms with van der Waals surface area (Å²) in [5, 5.41) is 19.3. The minimum atomic E-state index is -0.977. The topological polar surface area (TPSA) is 228 Å². The first-order valence-electron chi connectivity index (χ1n) is 47.6. The van der Waals surface area contributed by atoms with Gasteiger partial charge in [0.2, 0.25) is 0 Å². The van der Waals surface area contributed by atoms with E-state index in [0.717, 1.165) is 172 Å². The number of nitrogens with zero attached hydrogens (tertiary/aromatic N) is 4. The Morgan fingerprint density at radius 1 is 0.344 bits per heavy atom.